The molecule has 0 aliphatic carbocycles. The van der Waals surface area contributed by atoms with E-state index in [1.807, 2.05) is 26.0 Å². The number of pyridine rings is 1. The van der Waals surface area contributed by atoms with Crippen LogP contribution in [0.25, 0.3) is 0 Å². The molecule has 0 saturated heterocycles. The maximum absolute atomic E-state index is 10.7. The van der Waals surface area contributed by atoms with Crippen molar-refractivity contribution in [3.05, 3.63) is 51.8 Å². The number of benzene rings is 1. The molecule has 0 atom stereocenters. The van der Waals surface area contributed by atoms with Crippen molar-refractivity contribution >= 4 is 11.4 Å². The van der Waals surface area contributed by atoms with Gasteiger partial charge < -0.3 is 10.5 Å². The number of nitro groups is 1. The zero-order valence-electron chi connectivity index (χ0n) is 11.3. The molecule has 2 N–H and O–H groups in total. The Labute approximate surface area is 116 Å². The first-order chi connectivity index (χ1) is 9.51. The van der Waals surface area contributed by atoms with Crippen LogP contribution in [-0.2, 0) is 6.42 Å². The van der Waals surface area contributed by atoms with Gasteiger partial charge in [-0.3, -0.25) is 15.1 Å². The van der Waals surface area contributed by atoms with Crippen molar-refractivity contribution < 1.29 is 9.66 Å². The molecule has 6 heteroatoms. The number of nitrogens with two attached hydrogens (primary N) is 1. The zero-order chi connectivity index (χ0) is 14.7. The highest BCUT2D eigenvalue weighted by Gasteiger charge is 2.12. The van der Waals surface area contributed by atoms with E-state index < -0.39 is 4.92 Å². The predicted molar refractivity (Wildman–Crippen MR) is 75.9 cm³/mol. The molecule has 1 aromatic heterocycles. The second-order valence-electron chi connectivity index (χ2n) is 4.33. The lowest BCUT2D eigenvalue weighted by Gasteiger charge is -2.11. The lowest BCUT2D eigenvalue weighted by molar-refractivity contribution is -0.384. The van der Waals surface area contributed by atoms with E-state index in [0.29, 0.717) is 11.5 Å². The Morgan fingerprint density at radius 1 is 1.30 bits per heavy atom. The number of nitrogens with zero attached hydrogens (tertiary/aromatic N) is 2. The molecule has 2 aromatic rings. The minimum atomic E-state index is -0.495. The number of hydrogen-bond acceptors (Lipinski definition) is 5. The Morgan fingerprint density at radius 3 is 2.60 bits per heavy atom. The second kappa shape index (κ2) is 5.56. The van der Waals surface area contributed by atoms with Crippen molar-refractivity contribution in [2.24, 2.45) is 0 Å². The van der Waals surface area contributed by atoms with Crippen LogP contribution >= 0.6 is 0 Å². The Kier molecular flexibility index (Phi) is 3.84. The summed E-state index contributed by atoms with van der Waals surface area (Å²) >= 11 is 0. The number of rotatable bonds is 4. The van der Waals surface area contributed by atoms with Crippen LogP contribution in [0, 0.1) is 17.0 Å². The number of nitrogen functional groups attached to an aromatic ring is 1. The molecule has 2 rings (SSSR count). The fourth-order valence-electron chi connectivity index (χ4n) is 1.80. The summed E-state index contributed by atoms with van der Waals surface area (Å²) in [4.78, 5) is 14.6. The highest BCUT2D eigenvalue weighted by Crippen LogP contribution is 2.32. The Morgan fingerprint density at radius 2 is 2.00 bits per heavy atom. The van der Waals surface area contributed by atoms with Gasteiger partial charge in [-0.15, -0.1) is 0 Å². The van der Waals surface area contributed by atoms with E-state index in [-0.39, 0.29) is 11.4 Å². The first-order valence-corrected chi connectivity index (χ1v) is 6.19. The molecule has 104 valence electrons. The van der Waals surface area contributed by atoms with Gasteiger partial charge in [0.15, 0.2) is 5.75 Å². The number of anilines is 1. The molecule has 0 radical (unpaired) electrons. The van der Waals surface area contributed by atoms with Gasteiger partial charge in [0, 0.05) is 17.8 Å². The van der Waals surface area contributed by atoms with Gasteiger partial charge in [-0.05, 0) is 31.5 Å². The summed E-state index contributed by atoms with van der Waals surface area (Å²) in [6.07, 6.45) is 0.726. The van der Waals surface area contributed by atoms with Crippen LogP contribution in [0.3, 0.4) is 0 Å². The number of aryl methyl sites for hydroxylation is 2. The van der Waals surface area contributed by atoms with Gasteiger partial charge in [0.25, 0.3) is 5.69 Å². The summed E-state index contributed by atoms with van der Waals surface area (Å²) in [6.45, 7) is 3.89. The number of nitro benzene ring substituents is 1. The predicted octanol–water partition coefficient (Wildman–Crippen LogP) is 3.24. The van der Waals surface area contributed by atoms with Crippen molar-refractivity contribution in [3.63, 3.8) is 0 Å². The highest BCUT2D eigenvalue weighted by atomic mass is 16.6. The van der Waals surface area contributed by atoms with Gasteiger partial charge in [-0.25, -0.2) is 0 Å². The van der Waals surface area contributed by atoms with Crippen molar-refractivity contribution in [2.75, 3.05) is 5.73 Å². The van der Waals surface area contributed by atoms with Crippen LogP contribution in [0.15, 0.2) is 30.3 Å². The lowest BCUT2D eigenvalue weighted by atomic mass is 10.2. The molecule has 0 amide bonds. The largest absolute Gasteiger partial charge is 0.453 e. The van der Waals surface area contributed by atoms with Crippen LogP contribution in [0.1, 0.15) is 18.3 Å². The van der Waals surface area contributed by atoms with Crippen LogP contribution in [0.4, 0.5) is 11.4 Å². The lowest BCUT2D eigenvalue weighted by Crippen LogP contribution is -1.98. The molecular formula is C14H15N3O3. The topological polar surface area (TPSA) is 91.3 Å². The van der Waals surface area contributed by atoms with Gasteiger partial charge in [0.05, 0.1) is 16.3 Å². The normalized spacial score (nSPS) is 10.3. The summed E-state index contributed by atoms with van der Waals surface area (Å²) in [5.41, 5.74) is 7.67. The Bertz CT molecular complexity index is 656. The molecule has 6 nitrogen and oxygen atoms in total. The molecular weight excluding hydrogens is 258 g/mol. The van der Waals surface area contributed by atoms with E-state index in [0.717, 1.165) is 17.8 Å². The molecule has 0 spiro atoms. The number of ether oxygens (including phenoxy) is 1. The SMILES string of the molecule is CCc1nc(C)ccc1Oc1ccc([N+](=O)[O-])cc1N. The van der Waals surface area contributed by atoms with E-state index in [9.17, 15) is 10.1 Å². The molecule has 0 bridgehead atoms. The summed E-state index contributed by atoms with van der Waals surface area (Å²) in [5.74, 6) is 0.995. The van der Waals surface area contributed by atoms with Gasteiger partial charge in [0.2, 0.25) is 0 Å². The molecule has 0 aliphatic rings. The van der Waals surface area contributed by atoms with Crippen LogP contribution in [0.2, 0.25) is 0 Å². The zero-order valence-corrected chi connectivity index (χ0v) is 11.3. The Balaban J connectivity index is 2.33. The van der Waals surface area contributed by atoms with Crippen LogP contribution < -0.4 is 10.5 Å². The monoisotopic (exact) mass is 273 g/mol. The van der Waals surface area contributed by atoms with Crippen molar-refractivity contribution in [1.82, 2.24) is 4.98 Å². The summed E-state index contributed by atoms with van der Waals surface area (Å²) in [7, 11) is 0. The summed E-state index contributed by atoms with van der Waals surface area (Å²) < 4.78 is 5.71. The van der Waals surface area contributed by atoms with Crippen molar-refractivity contribution in [2.45, 2.75) is 20.3 Å². The third-order valence-electron chi connectivity index (χ3n) is 2.83. The van der Waals surface area contributed by atoms with E-state index in [2.05, 4.69) is 4.98 Å². The molecule has 0 aliphatic heterocycles. The average Bonchev–Trinajstić information content (AvgIpc) is 2.42. The number of hydrogen-bond donors (Lipinski definition) is 1. The smallest absolute Gasteiger partial charge is 0.271 e. The number of non-ortho nitro benzene ring substituents is 1. The molecule has 1 heterocycles. The highest BCUT2D eigenvalue weighted by molar-refractivity contribution is 5.59. The summed E-state index contributed by atoms with van der Waals surface area (Å²) in [5, 5.41) is 10.7. The van der Waals surface area contributed by atoms with Gasteiger partial charge >= 0.3 is 0 Å². The van der Waals surface area contributed by atoms with E-state index in [1.54, 1.807) is 0 Å². The molecule has 1 aromatic carbocycles. The van der Waals surface area contributed by atoms with Crippen molar-refractivity contribution in [3.8, 4) is 11.5 Å². The number of aromatic nitrogens is 1. The Hall–Kier alpha value is -2.63. The minimum absolute atomic E-state index is 0.0624. The third-order valence-corrected chi connectivity index (χ3v) is 2.83. The second-order valence-corrected chi connectivity index (χ2v) is 4.33. The van der Waals surface area contributed by atoms with Gasteiger partial charge in [-0.1, -0.05) is 6.92 Å². The molecule has 0 unspecified atom stereocenters. The minimum Gasteiger partial charge on any atom is -0.453 e. The maximum Gasteiger partial charge on any atom is 0.271 e. The first kappa shape index (κ1) is 13.8. The molecule has 0 fully saturated rings. The van der Waals surface area contributed by atoms with E-state index >= 15 is 0 Å². The fourth-order valence-corrected chi connectivity index (χ4v) is 1.80. The maximum atomic E-state index is 10.7. The fraction of sp³-hybridized carbons (Fsp3) is 0.214. The van der Waals surface area contributed by atoms with Crippen molar-refractivity contribution in [1.29, 1.82) is 0 Å². The quantitative estimate of drug-likeness (QED) is 0.524. The molecule has 0 saturated carbocycles. The van der Waals surface area contributed by atoms with E-state index in [1.165, 1.54) is 18.2 Å². The molecule has 20 heavy (non-hydrogen) atoms. The third kappa shape index (κ3) is 2.85. The van der Waals surface area contributed by atoms with E-state index in [4.69, 9.17) is 10.5 Å². The average molecular weight is 273 g/mol. The van der Waals surface area contributed by atoms with Gasteiger partial charge in [0.1, 0.15) is 5.75 Å². The van der Waals surface area contributed by atoms with Gasteiger partial charge in [-0.2, -0.15) is 0 Å². The van der Waals surface area contributed by atoms with Crippen LogP contribution in [0.5, 0.6) is 11.5 Å². The summed E-state index contributed by atoms with van der Waals surface area (Å²) in [6, 6.07) is 7.80. The van der Waals surface area contributed by atoms with Crippen LogP contribution in [-0.4, -0.2) is 9.91 Å². The first-order valence-electron chi connectivity index (χ1n) is 6.19. The standard InChI is InChI=1S/C14H15N3O3/c1-3-12-14(6-4-9(2)16-12)20-13-7-5-10(17(18)19)8-11(13)15/h4-8H,3,15H2,1-2H3.